The SMILES string of the molecule is COC(C)(C)CC(C)NC(C)CC(F)(F)F. The average molecular weight is 241 g/mol. The number of rotatable bonds is 6. The van der Waals surface area contributed by atoms with Gasteiger partial charge in [0.05, 0.1) is 12.0 Å². The van der Waals surface area contributed by atoms with Gasteiger partial charge in [0.15, 0.2) is 0 Å². The number of hydrogen-bond donors (Lipinski definition) is 1. The molecule has 98 valence electrons. The summed E-state index contributed by atoms with van der Waals surface area (Å²) in [5.41, 5.74) is -0.315. The lowest BCUT2D eigenvalue weighted by Crippen LogP contribution is -2.41. The van der Waals surface area contributed by atoms with Crippen molar-refractivity contribution in [2.45, 2.75) is 64.4 Å². The Hall–Kier alpha value is -0.290. The van der Waals surface area contributed by atoms with Gasteiger partial charge in [-0.1, -0.05) is 0 Å². The molecule has 0 heterocycles. The molecule has 16 heavy (non-hydrogen) atoms. The molecular formula is C11H22F3NO. The molecule has 0 spiro atoms. The minimum absolute atomic E-state index is 0.00713. The highest BCUT2D eigenvalue weighted by Crippen LogP contribution is 2.22. The second-order valence-electron chi connectivity index (χ2n) is 4.96. The monoisotopic (exact) mass is 241 g/mol. The summed E-state index contributed by atoms with van der Waals surface area (Å²) in [6.07, 6.45) is -4.24. The number of hydrogen-bond acceptors (Lipinski definition) is 2. The van der Waals surface area contributed by atoms with E-state index in [-0.39, 0.29) is 11.6 Å². The van der Waals surface area contributed by atoms with Crippen molar-refractivity contribution in [2.75, 3.05) is 7.11 Å². The second-order valence-corrected chi connectivity index (χ2v) is 4.96. The first-order valence-electron chi connectivity index (χ1n) is 5.43. The van der Waals surface area contributed by atoms with Gasteiger partial charge < -0.3 is 10.1 Å². The van der Waals surface area contributed by atoms with Crippen molar-refractivity contribution in [3.05, 3.63) is 0 Å². The standard InChI is InChI=1S/C11H22F3NO/c1-8(6-10(3,4)16-5)15-9(2)7-11(12,13)14/h8-9,15H,6-7H2,1-5H3. The van der Waals surface area contributed by atoms with Crippen molar-refractivity contribution in [2.24, 2.45) is 0 Å². The van der Waals surface area contributed by atoms with E-state index in [1.54, 1.807) is 14.0 Å². The Morgan fingerprint density at radius 3 is 1.88 bits per heavy atom. The van der Waals surface area contributed by atoms with Crippen molar-refractivity contribution in [1.82, 2.24) is 5.32 Å². The highest BCUT2D eigenvalue weighted by molar-refractivity contribution is 4.78. The molecule has 5 heteroatoms. The quantitative estimate of drug-likeness (QED) is 0.771. The van der Waals surface area contributed by atoms with Gasteiger partial charge in [-0.15, -0.1) is 0 Å². The highest BCUT2D eigenvalue weighted by Gasteiger charge is 2.31. The van der Waals surface area contributed by atoms with Crippen LogP contribution >= 0.6 is 0 Å². The number of nitrogens with one attached hydrogen (secondary N) is 1. The molecule has 2 unspecified atom stereocenters. The fourth-order valence-electron chi connectivity index (χ4n) is 1.77. The summed E-state index contributed by atoms with van der Waals surface area (Å²) in [5, 5.41) is 2.93. The summed E-state index contributed by atoms with van der Waals surface area (Å²) in [6, 6.07) is -0.574. The van der Waals surface area contributed by atoms with E-state index >= 15 is 0 Å². The van der Waals surface area contributed by atoms with Crippen molar-refractivity contribution in [1.29, 1.82) is 0 Å². The Kier molecular flexibility index (Phi) is 5.76. The summed E-state index contributed by atoms with van der Waals surface area (Å²) in [6.45, 7) is 7.25. The summed E-state index contributed by atoms with van der Waals surface area (Å²) in [5.74, 6) is 0. The third-order valence-electron chi connectivity index (χ3n) is 2.46. The maximum Gasteiger partial charge on any atom is 0.390 e. The molecule has 0 aromatic carbocycles. The van der Waals surface area contributed by atoms with Gasteiger partial charge in [0.1, 0.15) is 0 Å². The molecule has 0 rings (SSSR count). The highest BCUT2D eigenvalue weighted by atomic mass is 19.4. The fraction of sp³-hybridized carbons (Fsp3) is 1.00. The van der Waals surface area contributed by atoms with Gasteiger partial charge in [-0.2, -0.15) is 13.2 Å². The molecule has 0 aromatic rings. The minimum Gasteiger partial charge on any atom is -0.379 e. The third kappa shape index (κ3) is 7.93. The second kappa shape index (κ2) is 5.87. The van der Waals surface area contributed by atoms with Crippen LogP contribution in [0.15, 0.2) is 0 Å². The van der Waals surface area contributed by atoms with Crippen LogP contribution in [-0.4, -0.2) is 31.0 Å². The zero-order chi connectivity index (χ0) is 13.0. The first-order valence-corrected chi connectivity index (χ1v) is 5.43. The number of halogens is 3. The van der Waals surface area contributed by atoms with Gasteiger partial charge in [0.25, 0.3) is 0 Å². The molecular weight excluding hydrogens is 219 g/mol. The molecule has 0 fully saturated rings. The maximum absolute atomic E-state index is 12.1. The number of methoxy groups -OCH3 is 1. The molecule has 2 atom stereocenters. The molecule has 2 nitrogen and oxygen atoms in total. The third-order valence-corrected chi connectivity index (χ3v) is 2.46. The van der Waals surface area contributed by atoms with Gasteiger partial charge >= 0.3 is 6.18 Å². The molecule has 0 radical (unpaired) electrons. The Morgan fingerprint density at radius 2 is 1.50 bits per heavy atom. The van der Waals surface area contributed by atoms with Crippen molar-refractivity contribution >= 4 is 0 Å². The summed E-state index contributed by atoms with van der Waals surface area (Å²) in [4.78, 5) is 0. The number of ether oxygens (including phenoxy) is 1. The zero-order valence-corrected chi connectivity index (χ0v) is 10.6. The Labute approximate surface area is 95.5 Å². The normalized spacial score (nSPS) is 17.2. The van der Waals surface area contributed by atoms with Crippen LogP contribution in [0.2, 0.25) is 0 Å². The predicted molar refractivity (Wildman–Crippen MR) is 58.4 cm³/mol. The van der Waals surface area contributed by atoms with Crippen LogP contribution in [-0.2, 0) is 4.74 Å². The number of alkyl halides is 3. The van der Waals surface area contributed by atoms with Crippen LogP contribution in [0.1, 0.15) is 40.5 Å². The molecule has 0 aliphatic rings. The molecule has 0 aliphatic carbocycles. The van der Waals surface area contributed by atoms with Crippen molar-refractivity contribution in [3.8, 4) is 0 Å². The van der Waals surface area contributed by atoms with Crippen LogP contribution in [0.4, 0.5) is 13.2 Å². The van der Waals surface area contributed by atoms with Crippen molar-refractivity contribution < 1.29 is 17.9 Å². The van der Waals surface area contributed by atoms with Crippen LogP contribution in [0.3, 0.4) is 0 Å². The van der Waals surface area contributed by atoms with Crippen LogP contribution < -0.4 is 5.32 Å². The van der Waals surface area contributed by atoms with Crippen LogP contribution in [0.5, 0.6) is 0 Å². The van der Waals surface area contributed by atoms with E-state index in [0.717, 1.165) is 0 Å². The molecule has 0 saturated heterocycles. The Morgan fingerprint density at radius 1 is 1.06 bits per heavy atom. The van der Waals surface area contributed by atoms with Gasteiger partial charge in [-0.05, 0) is 34.1 Å². The van der Waals surface area contributed by atoms with Gasteiger partial charge in [-0.25, -0.2) is 0 Å². The van der Waals surface area contributed by atoms with E-state index in [1.807, 2.05) is 20.8 Å². The predicted octanol–water partition coefficient (Wildman–Crippen LogP) is 3.12. The van der Waals surface area contributed by atoms with Gasteiger partial charge in [0.2, 0.25) is 0 Å². The van der Waals surface area contributed by atoms with Crippen LogP contribution in [0.25, 0.3) is 0 Å². The fourth-order valence-corrected chi connectivity index (χ4v) is 1.77. The molecule has 1 N–H and O–H groups in total. The zero-order valence-electron chi connectivity index (χ0n) is 10.6. The molecule has 0 bridgehead atoms. The Bertz CT molecular complexity index is 204. The summed E-state index contributed by atoms with van der Waals surface area (Å²) in [7, 11) is 1.60. The van der Waals surface area contributed by atoms with E-state index in [9.17, 15) is 13.2 Å². The first kappa shape index (κ1) is 15.7. The lowest BCUT2D eigenvalue weighted by molar-refractivity contribution is -0.139. The smallest absolute Gasteiger partial charge is 0.379 e. The van der Waals surface area contributed by atoms with Gasteiger partial charge in [0, 0.05) is 19.2 Å². The molecule has 0 aliphatic heterocycles. The molecule has 0 saturated carbocycles. The Balaban J connectivity index is 4.01. The van der Waals surface area contributed by atoms with Crippen molar-refractivity contribution in [3.63, 3.8) is 0 Å². The largest absolute Gasteiger partial charge is 0.390 e. The van der Waals surface area contributed by atoms with E-state index in [0.29, 0.717) is 6.42 Å². The van der Waals surface area contributed by atoms with Gasteiger partial charge in [-0.3, -0.25) is 0 Å². The molecule has 0 aromatic heterocycles. The lowest BCUT2D eigenvalue weighted by atomic mass is 9.99. The average Bonchev–Trinajstić information content (AvgIpc) is 1.98. The molecule has 0 amide bonds. The van der Waals surface area contributed by atoms with E-state index in [1.165, 1.54) is 0 Å². The van der Waals surface area contributed by atoms with E-state index in [4.69, 9.17) is 4.74 Å². The van der Waals surface area contributed by atoms with Crippen LogP contribution in [0, 0.1) is 0 Å². The van der Waals surface area contributed by atoms with E-state index < -0.39 is 18.6 Å². The lowest BCUT2D eigenvalue weighted by Gasteiger charge is -2.29. The minimum atomic E-state index is -4.11. The maximum atomic E-state index is 12.1. The topological polar surface area (TPSA) is 21.3 Å². The van der Waals surface area contributed by atoms with E-state index in [2.05, 4.69) is 5.32 Å². The summed E-state index contributed by atoms with van der Waals surface area (Å²) >= 11 is 0. The summed E-state index contributed by atoms with van der Waals surface area (Å²) < 4.78 is 41.5. The first-order chi connectivity index (χ1) is 7.06.